The Morgan fingerprint density at radius 2 is 2.09 bits per heavy atom. The van der Waals surface area contributed by atoms with Gasteiger partial charge in [0.15, 0.2) is 0 Å². The highest BCUT2D eigenvalue weighted by molar-refractivity contribution is 14.1. The summed E-state index contributed by atoms with van der Waals surface area (Å²) in [4.78, 5) is 3.56. The lowest BCUT2D eigenvalue weighted by atomic mass is 10.3. The summed E-state index contributed by atoms with van der Waals surface area (Å²) >= 11 is 1.78. The normalized spacial score (nSPS) is 10.5. The Balaban J connectivity index is 3.17. The van der Waals surface area contributed by atoms with Gasteiger partial charge in [-0.3, -0.25) is 4.98 Å². The maximum atomic E-state index is 12.1. The quantitative estimate of drug-likeness (QED) is 0.794. The van der Waals surface area contributed by atoms with Crippen molar-refractivity contribution < 1.29 is 8.78 Å². The molecule has 60 valence electrons. The van der Waals surface area contributed by atoms with E-state index in [0.29, 0.717) is 9.26 Å². The number of nitrogens with zero attached hydrogens (tertiary/aromatic N) is 1. The zero-order valence-electron chi connectivity index (χ0n) is 5.39. The van der Waals surface area contributed by atoms with E-state index in [9.17, 15) is 8.78 Å². The van der Waals surface area contributed by atoms with Gasteiger partial charge in [0.05, 0.1) is 17.4 Å². The van der Waals surface area contributed by atoms with Crippen molar-refractivity contribution in [1.29, 1.82) is 0 Å². The number of pyridine rings is 1. The summed E-state index contributed by atoms with van der Waals surface area (Å²) in [6.07, 6.45) is -0.0194. The highest BCUT2D eigenvalue weighted by Crippen LogP contribution is 2.26. The van der Waals surface area contributed by atoms with Crippen molar-refractivity contribution in [2.75, 3.05) is 5.73 Å². The minimum atomic E-state index is -2.50. The molecule has 0 aliphatic heterocycles. The second kappa shape index (κ2) is 3.29. The first-order chi connectivity index (χ1) is 5.13. The number of alkyl halides is 2. The van der Waals surface area contributed by atoms with Gasteiger partial charge >= 0.3 is 0 Å². The van der Waals surface area contributed by atoms with E-state index >= 15 is 0 Å². The van der Waals surface area contributed by atoms with Crippen molar-refractivity contribution in [3.63, 3.8) is 0 Å². The lowest BCUT2D eigenvalue weighted by Crippen LogP contribution is -1.97. The molecule has 1 aromatic rings. The maximum Gasteiger partial charge on any atom is 0.266 e. The summed E-state index contributed by atoms with van der Waals surface area (Å²) in [7, 11) is 0. The SMILES string of the molecule is Nc1cncc(C(F)F)c1I. The molecular formula is C6H5F2IN2. The Morgan fingerprint density at radius 1 is 1.45 bits per heavy atom. The summed E-state index contributed by atoms with van der Waals surface area (Å²) in [6.45, 7) is 0. The number of nitrogen functional groups attached to an aromatic ring is 1. The molecule has 0 amide bonds. The van der Waals surface area contributed by atoms with Crippen LogP contribution in [0.5, 0.6) is 0 Å². The molecule has 0 aromatic carbocycles. The van der Waals surface area contributed by atoms with Crippen molar-refractivity contribution in [3.05, 3.63) is 21.5 Å². The molecule has 2 nitrogen and oxygen atoms in total. The predicted octanol–water partition coefficient (Wildman–Crippen LogP) is 2.21. The fourth-order valence-corrected chi connectivity index (χ4v) is 1.14. The average Bonchev–Trinajstić information content (AvgIpc) is 1.94. The van der Waals surface area contributed by atoms with Gasteiger partial charge in [-0.05, 0) is 22.6 Å². The van der Waals surface area contributed by atoms with E-state index in [1.165, 1.54) is 6.20 Å². The van der Waals surface area contributed by atoms with Gasteiger partial charge in [-0.25, -0.2) is 8.78 Å². The molecule has 5 heteroatoms. The zero-order chi connectivity index (χ0) is 8.43. The van der Waals surface area contributed by atoms with Crippen LogP contribution in [0.1, 0.15) is 12.0 Å². The molecule has 0 bridgehead atoms. The fraction of sp³-hybridized carbons (Fsp3) is 0.167. The molecule has 0 saturated heterocycles. The van der Waals surface area contributed by atoms with Crippen LogP contribution in [0.2, 0.25) is 0 Å². The molecule has 0 radical (unpaired) electrons. The molecule has 0 aliphatic rings. The standard InChI is InChI=1S/C6H5F2IN2/c7-6(8)3-1-11-2-4(10)5(3)9/h1-2,6H,10H2. The molecule has 1 aromatic heterocycles. The number of hydrogen-bond acceptors (Lipinski definition) is 2. The van der Waals surface area contributed by atoms with Gasteiger partial charge in [-0.15, -0.1) is 0 Å². The van der Waals surface area contributed by atoms with E-state index in [1.807, 2.05) is 0 Å². The molecule has 0 aliphatic carbocycles. The van der Waals surface area contributed by atoms with Crippen LogP contribution < -0.4 is 5.73 Å². The number of aromatic nitrogens is 1. The van der Waals surface area contributed by atoms with Gasteiger partial charge in [0.1, 0.15) is 0 Å². The molecule has 0 spiro atoms. The van der Waals surface area contributed by atoms with E-state index in [2.05, 4.69) is 4.98 Å². The van der Waals surface area contributed by atoms with Crippen molar-refractivity contribution in [2.24, 2.45) is 0 Å². The second-order valence-electron chi connectivity index (χ2n) is 1.93. The van der Waals surface area contributed by atoms with Gasteiger partial charge in [-0.1, -0.05) is 0 Å². The third kappa shape index (κ3) is 1.76. The van der Waals surface area contributed by atoms with Gasteiger partial charge in [0.25, 0.3) is 6.43 Å². The number of halogens is 3. The maximum absolute atomic E-state index is 12.1. The topological polar surface area (TPSA) is 38.9 Å². The highest BCUT2D eigenvalue weighted by atomic mass is 127. The summed E-state index contributed by atoms with van der Waals surface area (Å²) < 4.78 is 24.6. The molecule has 0 atom stereocenters. The molecule has 2 N–H and O–H groups in total. The Kier molecular flexibility index (Phi) is 2.58. The largest absolute Gasteiger partial charge is 0.397 e. The molecule has 1 rings (SSSR count). The predicted molar refractivity (Wildman–Crippen MR) is 46.3 cm³/mol. The monoisotopic (exact) mass is 270 g/mol. The van der Waals surface area contributed by atoms with E-state index < -0.39 is 6.43 Å². The molecule has 1 heterocycles. The van der Waals surface area contributed by atoms with Gasteiger partial charge in [0.2, 0.25) is 0 Å². The third-order valence-corrected chi connectivity index (χ3v) is 2.41. The minimum Gasteiger partial charge on any atom is -0.397 e. The highest BCUT2D eigenvalue weighted by Gasteiger charge is 2.12. The molecular weight excluding hydrogens is 265 g/mol. The third-order valence-electron chi connectivity index (χ3n) is 1.17. The number of anilines is 1. The Labute approximate surface area is 75.9 Å². The second-order valence-corrected chi connectivity index (χ2v) is 3.01. The van der Waals surface area contributed by atoms with Crippen molar-refractivity contribution in [3.8, 4) is 0 Å². The van der Waals surface area contributed by atoms with Crippen LogP contribution in [-0.4, -0.2) is 4.98 Å². The van der Waals surface area contributed by atoms with Crippen LogP contribution in [-0.2, 0) is 0 Å². The Hall–Kier alpha value is -0.460. The first kappa shape index (κ1) is 8.63. The van der Waals surface area contributed by atoms with Gasteiger partial charge in [-0.2, -0.15) is 0 Å². The smallest absolute Gasteiger partial charge is 0.266 e. The molecule has 0 unspecified atom stereocenters. The van der Waals surface area contributed by atoms with Crippen LogP contribution in [0.3, 0.4) is 0 Å². The molecule has 0 saturated carbocycles. The van der Waals surface area contributed by atoms with Crippen molar-refractivity contribution >= 4 is 28.3 Å². The lowest BCUT2D eigenvalue weighted by molar-refractivity contribution is 0.150. The van der Waals surface area contributed by atoms with E-state index in [-0.39, 0.29) is 5.56 Å². The van der Waals surface area contributed by atoms with Crippen molar-refractivity contribution in [2.45, 2.75) is 6.43 Å². The number of rotatable bonds is 1. The fourth-order valence-electron chi connectivity index (χ4n) is 0.630. The van der Waals surface area contributed by atoms with Crippen LogP contribution in [0, 0.1) is 3.57 Å². The van der Waals surface area contributed by atoms with E-state index in [4.69, 9.17) is 5.73 Å². The average molecular weight is 270 g/mol. The number of hydrogen-bond donors (Lipinski definition) is 1. The van der Waals surface area contributed by atoms with Crippen LogP contribution in [0.25, 0.3) is 0 Å². The first-order valence-electron chi connectivity index (χ1n) is 2.80. The number of nitrogens with two attached hydrogens (primary N) is 1. The van der Waals surface area contributed by atoms with E-state index in [1.54, 1.807) is 22.6 Å². The summed E-state index contributed by atoms with van der Waals surface area (Å²) in [5, 5.41) is 0. The van der Waals surface area contributed by atoms with Gasteiger partial charge in [0, 0.05) is 9.77 Å². The Morgan fingerprint density at radius 3 is 2.55 bits per heavy atom. The van der Waals surface area contributed by atoms with Crippen LogP contribution in [0.4, 0.5) is 14.5 Å². The zero-order valence-corrected chi connectivity index (χ0v) is 7.55. The van der Waals surface area contributed by atoms with E-state index in [0.717, 1.165) is 6.20 Å². The summed E-state index contributed by atoms with van der Waals surface area (Å²) in [6, 6.07) is 0. The first-order valence-corrected chi connectivity index (χ1v) is 3.88. The molecule has 11 heavy (non-hydrogen) atoms. The van der Waals surface area contributed by atoms with Crippen molar-refractivity contribution in [1.82, 2.24) is 4.98 Å². The summed E-state index contributed by atoms with van der Waals surface area (Å²) in [5.74, 6) is 0. The van der Waals surface area contributed by atoms with Crippen LogP contribution >= 0.6 is 22.6 Å². The summed E-state index contributed by atoms with van der Waals surface area (Å²) in [5.41, 5.74) is 5.54. The van der Waals surface area contributed by atoms with Crippen LogP contribution in [0.15, 0.2) is 12.4 Å². The minimum absolute atomic E-state index is 0.106. The van der Waals surface area contributed by atoms with Gasteiger partial charge < -0.3 is 5.73 Å². The lowest BCUT2D eigenvalue weighted by Gasteiger charge is -2.03. The molecule has 0 fully saturated rings. The Bertz CT molecular complexity index is 265.